The zero-order chi connectivity index (χ0) is 46.7. The molecule has 4 saturated carbocycles. The molecule has 26 heteroatoms. The zero-order valence-corrected chi connectivity index (χ0v) is 33.2. The number of Topliss-reactive ketones (excluding diaryl/α,β-unsaturated/α-hetero) is 2. The minimum absolute atomic E-state index is 0.298. The number of carbonyl (C=O) groups is 7. The van der Waals surface area contributed by atoms with E-state index in [0.29, 0.717) is 6.42 Å². The van der Waals surface area contributed by atoms with Crippen molar-refractivity contribution in [3.05, 3.63) is 0 Å². The summed E-state index contributed by atoms with van der Waals surface area (Å²) in [5.41, 5.74) is 0. The van der Waals surface area contributed by atoms with Gasteiger partial charge >= 0.3 is 43.9 Å². The van der Waals surface area contributed by atoms with Crippen molar-refractivity contribution in [2.24, 2.45) is 59.2 Å². The van der Waals surface area contributed by atoms with Gasteiger partial charge in [-0.2, -0.15) is 0 Å². The SMILES string of the molecule is CB(O)NC(C(C)=O)C1C(C(C)=O)C1(F)F.CCC1C(C(NB(C)O)C(=O)OC)C1(F)F.COC(=O)[C@H](C)C1C(C(=O)O)C1(F)F.C[C@@H](C(=O)O)[C@H]1[C@H](C(=O)O)C1(F)F. The monoisotopic (exact) mass is 870 g/mol. The van der Waals surface area contributed by atoms with E-state index in [2.05, 4.69) is 19.9 Å². The molecule has 7 N–H and O–H groups in total. The Hall–Kier alpha value is -3.90. The number of hydrogen-bond acceptors (Lipinski definition) is 13. The van der Waals surface area contributed by atoms with Gasteiger partial charge in [0.25, 0.3) is 23.7 Å². The number of aliphatic carboxylic acids is 3. The van der Waals surface area contributed by atoms with E-state index >= 15 is 0 Å². The smallest absolute Gasteiger partial charge is 0.374 e. The Balaban J connectivity index is 0.000000395. The van der Waals surface area contributed by atoms with Gasteiger partial charge in [-0.15, -0.1) is 0 Å². The standard InChI is InChI=1S/C9H16BF2NO3.C9H14BF2NO3.C8H10F2O4.C7H8F2O4/c1-4-5-6(9(5,11)12)7(8(14)16-3)13-10(2)15;1-4(14)6-7(9(6,11)12)8(5(2)15)13-10(3)16;1-3(7(13)14-2)4-5(6(11)12)8(4,9)10;1-2(5(10)11)3-4(6(12)13)7(3,8)9/h5-7,13,15H,4H2,1-3H3;6-8,13,16H,1-3H3;3-5H,1-2H3,(H,11,12);2-4H,1H3,(H,10,11)(H,12,13)/t;;3-,4?,5?;2-,3+,4-/m..11/s1. The Bertz CT molecular complexity index is 1590. The lowest BCUT2D eigenvalue weighted by molar-refractivity contribution is -0.147. The predicted molar refractivity (Wildman–Crippen MR) is 186 cm³/mol. The Morgan fingerprint density at radius 3 is 1.24 bits per heavy atom. The second-order valence-corrected chi connectivity index (χ2v) is 14.7. The zero-order valence-electron chi connectivity index (χ0n) is 33.2. The number of nitrogens with one attached hydrogen (secondary N) is 2. The fraction of sp³-hybridized carbons (Fsp3) is 0.788. The quantitative estimate of drug-likeness (QED) is 0.0665. The van der Waals surface area contributed by atoms with E-state index < -0.39 is 150 Å². The van der Waals surface area contributed by atoms with Crippen molar-refractivity contribution in [1.82, 2.24) is 10.5 Å². The molecule has 8 unspecified atom stereocenters. The normalized spacial score (nSPS) is 29.7. The largest absolute Gasteiger partial charge is 0.481 e. The molecule has 0 spiro atoms. The average Bonchev–Trinajstić information content (AvgIpc) is 4.05. The second-order valence-electron chi connectivity index (χ2n) is 14.7. The fourth-order valence-electron chi connectivity index (χ4n) is 7.19. The number of alkyl halides is 8. The Morgan fingerprint density at radius 1 is 0.610 bits per heavy atom. The predicted octanol–water partition coefficient (Wildman–Crippen LogP) is 2.07. The molecule has 12 atom stereocenters. The highest BCUT2D eigenvalue weighted by atomic mass is 19.3. The molecule has 0 aromatic carbocycles. The highest BCUT2D eigenvalue weighted by molar-refractivity contribution is 6.46. The van der Waals surface area contributed by atoms with E-state index in [1.54, 1.807) is 6.92 Å². The molecule has 4 rings (SSSR count). The number of carboxylic acids is 3. The van der Waals surface area contributed by atoms with E-state index in [9.17, 15) is 68.7 Å². The Labute approximate surface area is 333 Å². The maximum absolute atomic E-state index is 13.3. The van der Waals surface area contributed by atoms with E-state index in [1.165, 1.54) is 20.6 Å². The van der Waals surface area contributed by atoms with Crippen LogP contribution in [-0.4, -0.2) is 131 Å². The van der Waals surface area contributed by atoms with Crippen molar-refractivity contribution in [3.8, 4) is 0 Å². The lowest BCUT2D eigenvalue weighted by Gasteiger charge is -2.16. The average molecular weight is 870 g/mol. The molecular formula is C33H48B2F8N2O14. The van der Waals surface area contributed by atoms with Crippen LogP contribution in [0.1, 0.15) is 41.0 Å². The summed E-state index contributed by atoms with van der Waals surface area (Å²) in [7, 11) is 0.117. The number of methoxy groups -OCH3 is 2. The van der Waals surface area contributed by atoms with E-state index in [0.717, 1.165) is 35.0 Å². The number of rotatable bonds is 16. The van der Waals surface area contributed by atoms with Crippen molar-refractivity contribution in [2.45, 2.75) is 90.5 Å². The van der Waals surface area contributed by atoms with Gasteiger partial charge in [0.05, 0.1) is 61.7 Å². The first-order chi connectivity index (χ1) is 26.7. The van der Waals surface area contributed by atoms with Gasteiger partial charge in [-0.05, 0) is 33.9 Å². The summed E-state index contributed by atoms with van der Waals surface area (Å²) in [6, 6.07) is -2.33. The minimum atomic E-state index is -3.37. The molecule has 0 heterocycles. The van der Waals surface area contributed by atoms with Crippen LogP contribution in [0.25, 0.3) is 0 Å². The van der Waals surface area contributed by atoms with Crippen LogP contribution in [0.4, 0.5) is 35.1 Å². The molecule has 0 aromatic rings. The lowest BCUT2D eigenvalue weighted by atomic mass is 9.85. The minimum Gasteiger partial charge on any atom is -0.481 e. The third-order valence-corrected chi connectivity index (χ3v) is 10.5. The van der Waals surface area contributed by atoms with Crippen LogP contribution in [0.2, 0.25) is 13.6 Å². The maximum Gasteiger partial charge on any atom is 0.374 e. The molecule has 0 amide bonds. The summed E-state index contributed by atoms with van der Waals surface area (Å²) in [6.07, 6.45) is 0.298. The van der Waals surface area contributed by atoms with Gasteiger partial charge in [-0.1, -0.05) is 20.8 Å². The van der Waals surface area contributed by atoms with Gasteiger partial charge in [0, 0.05) is 5.92 Å². The summed E-state index contributed by atoms with van der Waals surface area (Å²) in [5.74, 6) is -33.6. The Kier molecular flexibility index (Phi) is 17.7. The van der Waals surface area contributed by atoms with Crippen molar-refractivity contribution in [2.75, 3.05) is 14.2 Å². The van der Waals surface area contributed by atoms with E-state index in [1.807, 2.05) is 0 Å². The molecule has 0 bridgehead atoms. The highest BCUT2D eigenvalue weighted by Crippen LogP contribution is 2.61. The van der Waals surface area contributed by atoms with Crippen LogP contribution in [0.5, 0.6) is 0 Å². The van der Waals surface area contributed by atoms with Gasteiger partial charge < -0.3 is 45.3 Å². The first kappa shape index (κ1) is 53.1. The van der Waals surface area contributed by atoms with Crippen LogP contribution in [-0.2, 0) is 43.0 Å². The summed E-state index contributed by atoms with van der Waals surface area (Å²) in [6.45, 7) is 8.92. The molecule has 0 radical (unpaired) electrons. The highest BCUT2D eigenvalue weighted by Gasteiger charge is 2.76. The molecule has 59 heavy (non-hydrogen) atoms. The van der Waals surface area contributed by atoms with Crippen LogP contribution >= 0.6 is 0 Å². The van der Waals surface area contributed by atoms with Gasteiger partial charge in [0.2, 0.25) is 0 Å². The van der Waals surface area contributed by atoms with E-state index in [4.69, 9.17) is 25.4 Å². The molecule has 16 nitrogen and oxygen atoms in total. The molecular weight excluding hydrogens is 822 g/mol. The van der Waals surface area contributed by atoms with Crippen molar-refractivity contribution >= 4 is 55.5 Å². The van der Waals surface area contributed by atoms with Crippen LogP contribution in [0.15, 0.2) is 0 Å². The first-order valence-corrected chi connectivity index (χ1v) is 17.9. The maximum atomic E-state index is 13.3. The molecule has 4 aliphatic carbocycles. The molecule has 4 aliphatic rings. The molecule has 336 valence electrons. The summed E-state index contributed by atoms with van der Waals surface area (Å²) in [4.78, 5) is 75.3. The van der Waals surface area contributed by atoms with Crippen LogP contribution in [0.3, 0.4) is 0 Å². The number of esters is 2. The number of ketones is 2. The van der Waals surface area contributed by atoms with Crippen molar-refractivity contribution in [1.29, 1.82) is 0 Å². The number of ether oxygens (including phenoxy) is 2. The number of hydrogen-bond donors (Lipinski definition) is 7. The molecule has 0 aliphatic heterocycles. The lowest BCUT2D eigenvalue weighted by Crippen LogP contribution is -2.48. The van der Waals surface area contributed by atoms with Crippen molar-refractivity contribution in [3.63, 3.8) is 0 Å². The summed E-state index contributed by atoms with van der Waals surface area (Å²) >= 11 is 0. The van der Waals surface area contributed by atoms with Crippen LogP contribution in [0, 0.1) is 59.2 Å². The summed E-state index contributed by atoms with van der Waals surface area (Å²) in [5, 5.41) is 48.1. The van der Waals surface area contributed by atoms with Gasteiger partial charge in [0.15, 0.2) is 0 Å². The van der Waals surface area contributed by atoms with Gasteiger partial charge in [-0.25, -0.2) is 35.1 Å². The Morgan fingerprint density at radius 2 is 0.983 bits per heavy atom. The number of carbonyl (C=O) groups excluding carboxylic acids is 4. The van der Waals surface area contributed by atoms with Gasteiger partial charge in [0.1, 0.15) is 29.4 Å². The topological polar surface area (TPSA) is 263 Å². The fourth-order valence-corrected chi connectivity index (χ4v) is 7.19. The molecule has 0 aromatic heterocycles. The number of halogens is 8. The second kappa shape index (κ2) is 19.7. The van der Waals surface area contributed by atoms with Gasteiger partial charge in [-0.3, -0.25) is 33.6 Å². The molecule has 4 fully saturated rings. The number of carboxylic acid groups (broad SMARTS) is 3. The molecule has 0 saturated heterocycles. The first-order valence-electron chi connectivity index (χ1n) is 17.9. The third kappa shape index (κ3) is 12.1. The summed E-state index contributed by atoms with van der Waals surface area (Å²) < 4.78 is 113. The van der Waals surface area contributed by atoms with Crippen LogP contribution < -0.4 is 10.5 Å². The van der Waals surface area contributed by atoms with E-state index in [-0.39, 0.29) is 0 Å². The third-order valence-electron chi connectivity index (χ3n) is 10.5. The van der Waals surface area contributed by atoms with Crippen molar-refractivity contribution < 1.29 is 104 Å².